The van der Waals surface area contributed by atoms with Crippen molar-refractivity contribution in [3.63, 3.8) is 0 Å². The highest BCUT2D eigenvalue weighted by Crippen LogP contribution is 2.19. The van der Waals surface area contributed by atoms with Crippen LogP contribution in [0.1, 0.15) is 278 Å². The number of carbonyl (C=O) groups excluding carboxylic acids is 1. The summed E-state index contributed by atoms with van der Waals surface area (Å²) < 4.78 is 0. The van der Waals surface area contributed by atoms with Gasteiger partial charge >= 0.3 is 0 Å². The number of amides is 1. The predicted octanol–water partition coefficient (Wildman–Crippen LogP) is 14.5. The third kappa shape index (κ3) is 39.6. The highest BCUT2D eigenvalue weighted by Gasteiger charge is 2.21. The van der Waals surface area contributed by atoms with Crippen molar-refractivity contribution in [2.45, 2.75) is 296 Å². The Morgan fingerprint density at radius 2 is 0.704 bits per heavy atom. The van der Waals surface area contributed by atoms with Crippen molar-refractivity contribution < 1.29 is 20.1 Å². The number of carbonyl (C=O) groups is 1. The highest BCUT2D eigenvalue weighted by atomic mass is 16.3. The molecule has 1 amide bonds. The van der Waals surface area contributed by atoms with Crippen LogP contribution in [0.25, 0.3) is 0 Å². The fourth-order valence-electron chi connectivity index (χ4n) is 8.18. The van der Waals surface area contributed by atoms with Crippen LogP contribution in [0.4, 0.5) is 0 Å². The van der Waals surface area contributed by atoms with E-state index in [1.807, 2.05) is 6.92 Å². The van der Waals surface area contributed by atoms with Gasteiger partial charge in [-0.15, -0.1) is 0 Å². The first-order chi connectivity index (χ1) is 26.4. The summed E-state index contributed by atoms with van der Waals surface area (Å²) in [6.07, 6.45) is 49.4. The number of aliphatic hydroxyl groups excluding tert-OH is 3. The minimum atomic E-state index is -0.406. The van der Waals surface area contributed by atoms with Gasteiger partial charge < -0.3 is 20.6 Å². The summed E-state index contributed by atoms with van der Waals surface area (Å²) >= 11 is 0. The van der Waals surface area contributed by atoms with E-state index in [1.54, 1.807) is 0 Å². The summed E-state index contributed by atoms with van der Waals surface area (Å²) in [4.78, 5) is 12.9. The van der Waals surface area contributed by atoms with Crippen LogP contribution >= 0.6 is 0 Å². The number of hydrogen-bond donors (Lipinski definition) is 4. The number of hydrogen-bond acceptors (Lipinski definition) is 4. The lowest BCUT2D eigenvalue weighted by molar-refractivity contribution is -0.126. The van der Waals surface area contributed by atoms with Gasteiger partial charge in [0.1, 0.15) is 0 Å². The second-order valence-electron chi connectivity index (χ2n) is 17.6. The van der Waals surface area contributed by atoms with E-state index in [-0.39, 0.29) is 24.0 Å². The third-order valence-electron chi connectivity index (χ3n) is 12.1. The van der Waals surface area contributed by atoms with E-state index in [9.17, 15) is 15.0 Å². The van der Waals surface area contributed by atoms with E-state index in [2.05, 4.69) is 19.2 Å². The Labute approximate surface area is 338 Å². The van der Waals surface area contributed by atoms with Gasteiger partial charge in [0.25, 0.3) is 0 Å². The third-order valence-corrected chi connectivity index (χ3v) is 12.1. The number of aliphatic hydroxyl groups is 3. The maximum Gasteiger partial charge on any atom is 0.223 e. The topological polar surface area (TPSA) is 89.8 Å². The zero-order valence-electron chi connectivity index (χ0n) is 37.1. The lowest BCUT2D eigenvalue weighted by atomic mass is 9.96. The van der Waals surface area contributed by atoms with Crippen molar-refractivity contribution in [3.8, 4) is 0 Å². The van der Waals surface area contributed by atoms with Gasteiger partial charge in [0, 0.05) is 18.6 Å². The van der Waals surface area contributed by atoms with Crippen molar-refractivity contribution in [3.05, 3.63) is 0 Å². The standard InChI is InChI=1S/C49H99NO4/c1-4-6-7-8-9-10-11-12-13-14-16-19-22-25-28-31-34-37-40-47(52)43-45(3)49(54)50-46(5-2)44-48(53)41-38-35-32-29-26-23-20-17-15-18-21-24-27-30-33-36-39-42-51/h45-48,51-53H,4-44H2,1-3H3,(H,50,54). The molecule has 0 aliphatic carbocycles. The second kappa shape index (κ2) is 43.5. The molecule has 5 nitrogen and oxygen atoms in total. The monoisotopic (exact) mass is 766 g/mol. The van der Waals surface area contributed by atoms with Crippen molar-refractivity contribution >= 4 is 5.91 Å². The average molecular weight is 766 g/mol. The Bertz CT molecular complexity index is 732. The summed E-state index contributed by atoms with van der Waals surface area (Å²) in [5, 5.41) is 33.3. The summed E-state index contributed by atoms with van der Waals surface area (Å²) in [5.41, 5.74) is 0. The molecule has 0 fully saturated rings. The second-order valence-corrected chi connectivity index (χ2v) is 17.6. The predicted molar refractivity (Wildman–Crippen MR) is 236 cm³/mol. The van der Waals surface area contributed by atoms with Gasteiger partial charge in [-0.1, -0.05) is 239 Å². The molecule has 4 unspecified atom stereocenters. The summed E-state index contributed by atoms with van der Waals surface area (Å²) in [5.74, 6) is -0.183. The fourth-order valence-corrected chi connectivity index (χ4v) is 8.18. The van der Waals surface area contributed by atoms with E-state index >= 15 is 0 Å². The molecule has 0 aliphatic rings. The Morgan fingerprint density at radius 1 is 0.426 bits per heavy atom. The van der Waals surface area contributed by atoms with E-state index in [0.717, 1.165) is 38.5 Å². The Hall–Kier alpha value is -0.650. The lowest BCUT2D eigenvalue weighted by Crippen LogP contribution is -2.40. The first kappa shape index (κ1) is 53.4. The number of rotatable bonds is 45. The van der Waals surface area contributed by atoms with Gasteiger partial charge in [0.05, 0.1) is 12.2 Å². The molecule has 324 valence electrons. The molecule has 54 heavy (non-hydrogen) atoms. The Morgan fingerprint density at radius 3 is 1.00 bits per heavy atom. The highest BCUT2D eigenvalue weighted by molar-refractivity contribution is 5.78. The molecule has 0 rings (SSSR count). The van der Waals surface area contributed by atoms with Crippen LogP contribution in [0.3, 0.4) is 0 Å². The molecular weight excluding hydrogens is 667 g/mol. The average Bonchev–Trinajstić information content (AvgIpc) is 3.16. The van der Waals surface area contributed by atoms with Crippen LogP contribution in [0.15, 0.2) is 0 Å². The first-order valence-electron chi connectivity index (χ1n) is 24.7. The van der Waals surface area contributed by atoms with Gasteiger partial charge in [0.2, 0.25) is 5.91 Å². The van der Waals surface area contributed by atoms with Crippen LogP contribution in [-0.2, 0) is 4.79 Å². The molecule has 4 N–H and O–H groups in total. The van der Waals surface area contributed by atoms with Crippen molar-refractivity contribution in [1.82, 2.24) is 5.32 Å². The largest absolute Gasteiger partial charge is 0.396 e. The van der Waals surface area contributed by atoms with Crippen LogP contribution in [-0.4, -0.2) is 46.1 Å². The van der Waals surface area contributed by atoms with Crippen LogP contribution in [0.2, 0.25) is 0 Å². The maximum absolute atomic E-state index is 12.9. The molecule has 0 aromatic heterocycles. The molecule has 5 heteroatoms. The first-order valence-corrected chi connectivity index (χ1v) is 24.7. The SMILES string of the molecule is CCCCCCCCCCCCCCCCCCCCC(O)CC(C)C(=O)NC(CC)CC(O)CCCCCCCCCCCCCCCCCCCO. The van der Waals surface area contributed by atoms with Gasteiger partial charge in [-0.05, 0) is 38.5 Å². The Balaban J connectivity index is 3.65. The van der Waals surface area contributed by atoms with Gasteiger partial charge in [-0.2, -0.15) is 0 Å². The van der Waals surface area contributed by atoms with Gasteiger partial charge in [-0.25, -0.2) is 0 Å². The van der Waals surface area contributed by atoms with E-state index < -0.39 is 6.10 Å². The van der Waals surface area contributed by atoms with Crippen LogP contribution < -0.4 is 5.32 Å². The van der Waals surface area contributed by atoms with Crippen LogP contribution in [0.5, 0.6) is 0 Å². The lowest BCUT2D eigenvalue weighted by Gasteiger charge is -2.23. The van der Waals surface area contributed by atoms with E-state index in [1.165, 1.54) is 205 Å². The number of unbranched alkanes of at least 4 members (excludes halogenated alkanes) is 33. The molecule has 0 saturated carbocycles. The van der Waals surface area contributed by atoms with Gasteiger partial charge in [0.15, 0.2) is 0 Å². The molecule has 0 aromatic carbocycles. The Kier molecular flexibility index (Phi) is 42.9. The summed E-state index contributed by atoms with van der Waals surface area (Å²) in [6.45, 7) is 6.65. The fraction of sp³-hybridized carbons (Fsp3) is 0.980. The van der Waals surface area contributed by atoms with E-state index in [4.69, 9.17) is 5.11 Å². The molecule has 4 atom stereocenters. The van der Waals surface area contributed by atoms with Crippen molar-refractivity contribution in [2.24, 2.45) is 5.92 Å². The molecule has 0 radical (unpaired) electrons. The minimum absolute atomic E-state index is 0.00406. The van der Waals surface area contributed by atoms with Crippen LogP contribution in [0, 0.1) is 5.92 Å². The normalized spacial score (nSPS) is 14.0. The zero-order chi connectivity index (χ0) is 39.6. The van der Waals surface area contributed by atoms with Crippen molar-refractivity contribution in [2.75, 3.05) is 6.61 Å². The summed E-state index contributed by atoms with van der Waals surface area (Å²) in [6, 6.07) is 0.00406. The minimum Gasteiger partial charge on any atom is -0.396 e. The number of nitrogens with one attached hydrogen (secondary N) is 1. The van der Waals surface area contributed by atoms with Crippen molar-refractivity contribution in [1.29, 1.82) is 0 Å². The molecule has 0 aromatic rings. The quantitative estimate of drug-likeness (QED) is 0.0465. The molecular formula is C49H99NO4. The molecule has 0 spiro atoms. The zero-order valence-corrected chi connectivity index (χ0v) is 37.1. The van der Waals surface area contributed by atoms with Gasteiger partial charge in [-0.3, -0.25) is 4.79 Å². The smallest absolute Gasteiger partial charge is 0.223 e. The molecule has 0 bridgehead atoms. The molecule has 0 saturated heterocycles. The molecule has 0 aliphatic heterocycles. The molecule has 0 heterocycles. The van der Waals surface area contributed by atoms with E-state index in [0.29, 0.717) is 19.4 Å². The summed E-state index contributed by atoms with van der Waals surface area (Å²) in [7, 11) is 0. The maximum atomic E-state index is 12.9.